The molecule has 0 bridgehead atoms. The van der Waals surface area contributed by atoms with Crippen molar-refractivity contribution < 1.29 is 19.4 Å². The molecule has 0 unspecified atom stereocenters. The molecule has 2 aromatic rings. The van der Waals surface area contributed by atoms with E-state index in [0.29, 0.717) is 35.3 Å². The van der Waals surface area contributed by atoms with Crippen molar-refractivity contribution in [1.82, 2.24) is 0 Å². The molecule has 1 N–H and O–H groups in total. The van der Waals surface area contributed by atoms with E-state index in [2.05, 4.69) is 0 Å². The van der Waals surface area contributed by atoms with Crippen molar-refractivity contribution >= 4 is 23.5 Å². The van der Waals surface area contributed by atoms with Crippen LogP contribution in [0.3, 0.4) is 0 Å². The molecule has 5 heteroatoms. The maximum absolute atomic E-state index is 12.1. The Morgan fingerprint density at radius 1 is 1.18 bits per heavy atom. The second kappa shape index (κ2) is 6.12. The number of hydrogen-bond acceptors (Lipinski definition) is 4. The van der Waals surface area contributed by atoms with Gasteiger partial charge in [0, 0.05) is 5.56 Å². The summed E-state index contributed by atoms with van der Waals surface area (Å²) < 4.78 is 10.9. The van der Waals surface area contributed by atoms with Gasteiger partial charge in [0.25, 0.3) is 0 Å². The zero-order chi connectivity index (χ0) is 15.5. The Bertz CT molecular complexity index is 752. The van der Waals surface area contributed by atoms with Crippen LogP contribution in [0.15, 0.2) is 42.5 Å². The molecule has 112 valence electrons. The van der Waals surface area contributed by atoms with Gasteiger partial charge in [-0.25, -0.2) is 0 Å². The number of benzene rings is 2. The summed E-state index contributed by atoms with van der Waals surface area (Å²) in [6.45, 7) is 0.941. The van der Waals surface area contributed by atoms with Gasteiger partial charge in [-0.15, -0.1) is 0 Å². The second-order valence-corrected chi connectivity index (χ2v) is 5.18. The molecule has 0 saturated heterocycles. The number of ether oxygens (including phenoxy) is 2. The van der Waals surface area contributed by atoms with Crippen molar-refractivity contribution in [2.45, 2.75) is 0 Å². The van der Waals surface area contributed by atoms with Crippen molar-refractivity contribution in [1.29, 1.82) is 0 Å². The smallest absolute Gasteiger partial charge is 0.185 e. The monoisotopic (exact) mass is 316 g/mol. The van der Waals surface area contributed by atoms with E-state index in [1.54, 1.807) is 30.3 Å². The molecule has 0 aliphatic carbocycles. The van der Waals surface area contributed by atoms with Crippen LogP contribution in [0.25, 0.3) is 6.08 Å². The highest BCUT2D eigenvalue weighted by atomic mass is 35.5. The van der Waals surface area contributed by atoms with Crippen LogP contribution in [0.1, 0.15) is 15.9 Å². The van der Waals surface area contributed by atoms with Crippen molar-refractivity contribution in [2.24, 2.45) is 0 Å². The Morgan fingerprint density at radius 3 is 2.82 bits per heavy atom. The summed E-state index contributed by atoms with van der Waals surface area (Å²) >= 11 is 6.14. The molecule has 1 aliphatic rings. The number of fused-ring (bicyclic) bond motifs is 1. The van der Waals surface area contributed by atoms with E-state index >= 15 is 0 Å². The fourth-order valence-electron chi connectivity index (χ4n) is 2.15. The third-order valence-electron chi connectivity index (χ3n) is 3.18. The third kappa shape index (κ3) is 3.07. The summed E-state index contributed by atoms with van der Waals surface area (Å²) in [7, 11) is 0. The van der Waals surface area contributed by atoms with Gasteiger partial charge in [0.2, 0.25) is 0 Å². The second-order valence-electron chi connectivity index (χ2n) is 4.77. The van der Waals surface area contributed by atoms with Gasteiger partial charge in [0.05, 0.1) is 5.02 Å². The predicted molar refractivity (Wildman–Crippen MR) is 83.9 cm³/mol. The summed E-state index contributed by atoms with van der Waals surface area (Å²) in [5, 5.41) is 9.84. The maximum atomic E-state index is 12.1. The van der Waals surface area contributed by atoms with Crippen LogP contribution in [0, 0.1) is 0 Å². The quantitative estimate of drug-likeness (QED) is 0.692. The van der Waals surface area contributed by atoms with Crippen molar-refractivity contribution in [3.05, 3.63) is 58.6 Å². The van der Waals surface area contributed by atoms with Crippen LogP contribution in [0.5, 0.6) is 17.2 Å². The number of phenolic OH excluding ortho intramolecular Hbond substituents is 1. The molecule has 0 fully saturated rings. The summed E-state index contributed by atoms with van der Waals surface area (Å²) in [5.41, 5.74) is 1.16. The molecule has 2 aromatic carbocycles. The van der Waals surface area contributed by atoms with E-state index < -0.39 is 0 Å². The largest absolute Gasteiger partial charge is 0.508 e. The van der Waals surface area contributed by atoms with Gasteiger partial charge in [-0.1, -0.05) is 29.8 Å². The first-order valence-corrected chi connectivity index (χ1v) is 7.12. The average Bonchev–Trinajstić information content (AvgIpc) is 2.53. The lowest BCUT2D eigenvalue weighted by molar-refractivity contribution is 0.104. The number of allylic oxidation sites excluding steroid dienone is 1. The van der Waals surface area contributed by atoms with Gasteiger partial charge >= 0.3 is 0 Å². The standard InChI is InChI=1S/C17H13ClO4/c18-14-8-11(9-16-17(14)22-7-6-21-16)4-5-15(20)12-2-1-3-13(19)10-12/h1-5,8-10,19H,6-7H2. The Balaban J connectivity index is 1.83. The molecule has 22 heavy (non-hydrogen) atoms. The molecule has 4 nitrogen and oxygen atoms in total. The number of halogens is 1. The first-order chi connectivity index (χ1) is 10.6. The van der Waals surface area contributed by atoms with Gasteiger partial charge in [-0.3, -0.25) is 4.79 Å². The number of carbonyl (C=O) groups excluding carboxylic acids is 1. The Labute approximate surface area is 132 Å². The highest BCUT2D eigenvalue weighted by Crippen LogP contribution is 2.38. The van der Waals surface area contributed by atoms with Crippen LogP contribution < -0.4 is 9.47 Å². The molecule has 0 saturated carbocycles. The highest BCUT2D eigenvalue weighted by molar-refractivity contribution is 6.32. The number of rotatable bonds is 3. The average molecular weight is 317 g/mol. The maximum Gasteiger partial charge on any atom is 0.185 e. The summed E-state index contributed by atoms with van der Waals surface area (Å²) in [5.74, 6) is 0.955. The highest BCUT2D eigenvalue weighted by Gasteiger charge is 2.16. The first kappa shape index (κ1) is 14.5. The van der Waals surface area contributed by atoms with E-state index in [1.165, 1.54) is 18.2 Å². The summed E-state index contributed by atoms with van der Waals surface area (Å²) in [6, 6.07) is 9.68. The molecule has 1 aliphatic heterocycles. The van der Waals surface area contributed by atoms with E-state index in [-0.39, 0.29) is 11.5 Å². The molecule has 3 rings (SSSR count). The van der Waals surface area contributed by atoms with Crippen molar-refractivity contribution in [3.63, 3.8) is 0 Å². The van der Waals surface area contributed by atoms with Gasteiger partial charge in [0.1, 0.15) is 19.0 Å². The molecule has 0 spiro atoms. The van der Waals surface area contributed by atoms with E-state index in [0.717, 1.165) is 5.56 Å². The normalized spacial score (nSPS) is 13.3. The summed E-state index contributed by atoms with van der Waals surface area (Å²) in [6.07, 6.45) is 3.08. The molecule has 0 atom stereocenters. The minimum atomic E-state index is -0.207. The molecule has 0 aromatic heterocycles. The number of phenols is 1. The number of ketones is 1. The first-order valence-electron chi connectivity index (χ1n) is 6.74. The Morgan fingerprint density at radius 2 is 2.00 bits per heavy atom. The van der Waals surface area contributed by atoms with Crippen LogP contribution in [-0.4, -0.2) is 24.1 Å². The van der Waals surface area contributed by atoms with Gasteiger partial charge in [0.15, 0.2) is 17.3 Å². The van der Waals surface area contributed by atoms with Crippen LogP contribution >= 0.6 is 11.6 Å². The minimum Gasteiger partial charge on any atom is -0.508 e. The van der Waals surface area contributed by atoms with E-state index in [1.807, 2.05) is 0 Å². The summed E-state index contributed by atoms with van der Waals surface area (Å²) in [4.78, 5) is 12.1. The van der Waals surface area contributed by atoms with Gasteiger partial charge < -0.3 is 14.6 Å². The molecule has 0 amide bonds. The van der Waals surface area contributed by atoms with Crippen molar-refractivity contribution in [3.8, 4) is 17.2 Å². The van der Waals surface area contributed by atoms with E-state index in [4.69, 9.17) is 21.1 Å². The lowest BCUT2D eigenvalue weighted by atomic mass is 10.1. The van der Waals surface area contributed by atoms with Gasteiger partial charge in [-0.05, 0) is 35.9 Å². The topological polar surface area (TPSA) is 55.8 Å². The lowest BCUT2D eigenvalue weighted by Crippen LogP contribution is -2.15. The third-order valence-corrected chi connectivity index (χ3v) is 3.46. The minimum absolute atomic E-state index is 0.0571. The lowest BCUT2D eigenvalue weighted by Gasteiger charge is -2.19. The Kier molecular flexibility index (Phi) is 4.02. The van der Waals surface area contributed by atoms with Crippen LogP contribution in [-0.2, 0) is 0 Å². The fourth-order valence-corrected chi connectivity index (χ4v) is 2.43. The predicted octanol–water partition coefficient (Wildman–Crippen LogP) is 3.71. The Hall–Kier alpha value is -2.46. The fraction of sp³-hybridized carbons (Fsp3) is 0.118. The number of carbonyl (C=O) groups is 1. The van der Waals surface area contributed by atoms with Gasteiger partial charge in [-0.2, -0.15) is 0 Å². The molecule has 1 heterocycles. The zero-order valence-corrected chi connectivity index (χ0v) is 12.3. The van der Waals surface area contributed by atoms with E-state index in [9.17, 15) is 9.90 Å². The molecular formula is C17H13ClO4. The number of hydrogen-bond donors (Lipinski definition) is 1. The van der Waals surface area contributed by atoms with Crippen molar-refractivity contribution in [2.75, 3.05) is 13.2 Å². The molecule has 0 radical (unpaired) electrons. The zero-order valence-electron chi connectivity index (χ0n) is 11.6. The molecular weight excluding hydrogens is 304 g/mol. The van der Waals surface area contributed by atoms with Crippen LogP contribution in [0.4, 0.5) is 0 Å². The SMILES string of the molecule is O=C(C=Cc1cc(Cl)c2c(c1)OCCO2)c1cccc(O)c1. The number of aromatic hydroxyl groups is 1. The van der Waals surface area contributed by atoms with Crippen LogP contribution in [0.2, 0.25) is 5.02 Å².